The maximum Gasteiger partial charge on any atom is 0.416 e. The van der Waals surface area contributed by atoms with E-state index < -0.39 is 105 Å². The molecule has 1 aromatic carbocycles. The van der Waals surface area contributed by atoms with Gasteiger partial charge in [0, 0.05) is 49.7 Å². The second-order valence-electron chi connectivity index (χ2n) is 17.5. The number of hydrogen-bond donors (Lipinski definition) is 7. The third-order valence-corrected chi connectivity index (χ3v) is 12.1. The summed E-state index contributed by atoms with van der Waals surface area (Å²) in [5.41, 5.74) is 2.86. The summed E-state index contributed by atoms with van der Waals surface area (Å²) in [5, 5.41) is 28.6. The summed E-state index contributed by atoms with van der Waals surface area (Å²) in [4.78, 5) is 105. The first-order valence-electron chi connectivity index (χ1n) is 20.3. The van der Waals surface area contributed by atoms with Crippen LogP contribution in [-0.2, 0) is 49.9 Å². The number of amides is 6. The van der Waals surface area contributed by atoms with E-state index in [1.54, 1.807) is 48.5 Å². The Labute approximate surface area is 369 Å². The quantitative estimate of drug-likeness (QED) is 0.0652. The molecule has 352 valence electrons. The molecule has 0 saturated carbocycles. The largest absolute Gasteiger partial charge is 0.480 e. The van der Waals surface area contributed by atoms with Crippen molar-refractivity contribution in [1.82, 2.24) is 31.1 Å². The number of nitrogens with two attached hydrogens (primary N) is 1. The minimum absolute atomic E-state index is 0.0554. The zero-order valence-corrected chi connectivity index (χ0v) is 38.2. The lowest BCUT2D eigenvalue weighted by atomic mass is 9.76. The number of imide groups is 1. The van der Waals surface area contributed by atoms with Gasteiger partial charge in [0.1, 0.15) is 18.1 Å². The van der Waals surface area contributed by atoms with Crippen molar-refractivity contribution in [3.63, 3.8) is 0 Å². The van der Waals surface area contributed by atoms with Crippen LogP contribution in [0.4, 0.5) is 13.2 Å². The second kappa shape index (κ2) is 22.6. The number of aliphatic carboxylic acids is 2. The number of likely N-dealkylation sites (N-methyl/N-ethyl adjacent to an activating group) is 2. The highest BCUT2D eigenvalue weighted by molar-refractivity contribution is 8.00. The minimum Gasteiger partial charge on any atom is -0.480 e. The van der Waals surface area contributed by atoms with Crippen LogP contribution in [0.25, 0.3) is 0 Å². The van der Waals surface area contributed by atoms with Gasteiger partial charge in [0.25, 0.3) is 0 Å². The van der Waals surface area contributed by atoms with E-state index in [0.29, 0.717) is 0 Å². The lowest BCUT2D eigenvalue weighted by Gasteiger charge is -2.40. The molecule has 1 aromatic rings. The third-order valence-electron chi connectivity index (χ3n) is 10.8. The first-order chi connectivity index (χ1) is 28.9. The van der Waals surface area contributed by atoms with Crippen molar-refractivity contribution in [3.05, 3.63) is 47.0 Å². The predicted molar refractivity (Wildman–Crippen MR) is 229 cm³/mol. The van der Waals surface area contributed by atoms with E-state index in [1.807, 2.05) is 0 Å². The fourth-order valence-corrected chi connectivity index (χ4v) is 8.01. The van der Waals surface area contributed by atoms with Crippen molar-refractivity contribution in [2.45, 2.75) is 122 Å². The number of carboxylic acids is 2. The van der Waals surface area contributed by atoms with Gasteiger partial charge in [0.2, 0.25) is 35.4 Å². The first kappa shape index (κ1) is 54.1. The number of nitrogens with zero attached hydrogens (tertiary/aromatic N) is 2. The van der Waals surface area contributed by atoms with E-state index >= 15 is 0 Å². The average molecular weight is 914 g/mol. The van der Waals surface area contributed by atoms with Crippen LogP contribution in [0.1, 0.15) is 85.8 Å². The second-order valence-corrected chi connectivity index (χ2v) is 18.7. The molecule has 6 amide bonds. The van der Waals surface area contributed by atoms with E-state index in [0.717, 1.165) is 28.8 Å². The predicted octanol–water partition coefficient (Wildman–Crippen LogP) is 2.27. The number of hydrogen-bond acceptors (Lipinski definition) is 11. The minimum atomic E-state index is -4.60. The van der Waals surface area contributed by atoms with Gasteiger partial charge >= 0.3 is 18.1 Å². The molecule has 63 heavy (non-hydrogen) atoms. The van der Waals surface area contributed by atoms with Crippen molar-refractivity contribution >= 4 is 59.1 Å². The van der Waals surface area contributed by atoms with Gasteiger partial charge in [-0.3, -0.25) is 38.5 Å². The molecular formula is C42H62F3N7O10S. The summed E-state index contributed by atoms with van der Waals surface area (Å²) in [6.07, 6.45) is -3.92. The average Bonchev–Trinajstić information content (AvgIpc) is 3.45. The number of benzene rings is 1. The van der Waals surface area contributed by atoms with Crippen LogP contribution in [0.15, 0.2) is 35.9 Å². The molecule has 1 aliphatic rings. The van der Waals surface area contributed by atoms with Crippen LogP contribution in [-0.4, -0.2) is 136 Å². The summed E-state index contributed by atoms with van der Waals surface area (Å²) in [6, 6.07) is -0.978. The van der Waals surface area contributed by atoms with E-state index in [-0.39, 0.29) is 55.2 Å². The number of likely N-dealkylation sites (tertiary alicyclic amines) is 1. The Morgan fingerprint density at radius 1 is 0.984 bits per heavy atom. The SMILES string of the molecule is CN[C@H](C(=O)NC(C(=O)N(C)[C@H](/C=C(\C)C(=O)N[C@H](CCC(=O)NCCN1C(=O)CC(SC[C@H](N)C(=O)O)C1=O)C(=O)O)C(C)C)C(C)(C)C)C(C)(C)c1cccc(C(F)(F)F)c1. The Balaban J connectivity index is 2.12. The number of carbonyl (C=O) groups excluding carboxylic acids is 6. The summed E-state index contributed by atoms with van der Waals surface area (Å²) in [5.74, 6) is -6.64. The number of nitrogens with one attached hydrogen (secondary N) is 4. The third kappa shape index (κ3) is 15.0. The molecule has 1 heterocycles. The summed E-state index contributed by atoms with van der Waals surface area (Å²) >= 11 is 0.954. The lowest BCUT2D eigenvalue weighted by Crippen LogP contribution is -2.61. The van der Waals surface area contributed by atoms with Gasteiger partial charge in [-0.1, -0.05) is 72.7 Å². The van der Waals surface area contributed by atoms with Crippen molar-refractivity contribution in [2.75, 3.05) is 32.9 Å². The Morgan fingerprint density at radius 2 is 1.59 bits per heavy atom. The topological polar surface area (TPSA) is 258 Å². The molecule has 2 rings (SSSR count). The van der Waals surface area contributed by atoms with Gasteiger partial charge in [-0.05, 0) is 43.4 Å². The first-order valence-corrected chi connectivity index (χ1v) is 21.3. The lowest BCUT2D eigenvalue weighted by molar-refractivity contribution is -0.142. The zero-order chi connectivity index (χ0) is 48.4. The van der Waals surface area contributed by atoms with Crippen molar-refractivity contribution < 1.29 is 61.7 Å². The highest BCUT2D eigenvalue weighted by Gasteiger charge is 2.43. The molecule has 1 saturated heterocycles. The maximum atomic E-state index is 14.3. The highest BCUT2D eigenvalue weighted by Crippen LogP contribution is 2.35. The van der Waals surface area contributed by atoms with E-state index in [4.69, 9.17) is 10.8 Å². The Morgan fingerprint density at radius 3 is 2.11 bits per heavy atom. The zero-order valence-electron chi connectivity index (χ0n) is 37.3. The number of thioether (sulfide) groups is 1. The molecule has 21 heteroatoms. The molecular weight excluding hydrogens is 852 g/mol. The molecule has 0 aliphatic carbocycles. The van der Waals surface area contributed by atoms with Gasteiger partial charge in [-0.25, -0.2) is 4.79 Å². The smallest absolute Gasteiger partial charge is 0.416 e. The molecule has 8 N–H and O–H groups in total. The maximum absolute atomic E-state index is 14.3. The number of rotatable bonds is 22. The van der Waals surface area contributed by atoms with E-state index in [1.165, 1.54) is 44.1 Å². The van der Waals surface area contributed by atoms with Crippen LogP contribution in [0.2, 0.25) is 0 Å². The Kier molecular flexibility index (Phi) is 19.4. The normalized spacial score (nSPS) is 17.4. The Bertz CT molecular complexity index is 1900. The van der Waals surface area contributed by atoms with Crippen LogP contribution in [0.5, 0.6) is 0 Å². The Hall–Kier alpha value is -5.02. The number of carboxylic acid groups (broad SMARTS) is 2. The van der Waals surface area contributed by atoms with E-state index in [9.17, 15) is 56.6 Å². The molecule has 1 aliphatic heterocycles. The van der Waals surface area contributed by atoms with Crippen molar-refractivity contribution in [2.24, 2.45) is 17.1 Å². The standard InChI is InChI=1S/C42H62F3N7O10S/c1-22(2)28(51(10)37(58)33(40(4,5)6)50-35(56)32(47-9)41(7,8)24-12-11-13-25(19-24)42(43,44)45)18-23(3)34(55)49-27(39(61)62)14-15-30(53)48-16-17-52-31(54)20-29(36(52)57)63-21-26(46)38(59)60/h11-13,18-19,22,26-29,32-33,47H,14-17,20-21,46H2,1-10H3,(H,48,53)(H,49,55)(H,50,56)(H,59,60)(H,61,62)/b23-18+/t26-,27+,28+,29?,32+,33?/m0/s1. The fraction of sp³-hybridized carbons (Fsp3) is 0.619. The molecule has 0 aromatic heterocycles. The fourth-order valence-electron chi connectivity index (χ4n) is 6.90. The number of halogens is 3. The number of carbonyl (C=O) groups is 8. The van der Waals surface area contributed by atoms with Crippen LogP contribution >= 0.6 is 11.8 Å². The van der Waals surface area contributed by atoms with Gasteiger partial charge in [-0.2, -0.15) is 13.2 Å². The molecule has 0 radical (unpaired) electrons. The van der Waals surface area contributed by atoms with E-state index in [2.05, 4.69) is 21.3 Å². The van der Waals surface area contributed by atoms with Crippen molar-refractivity contribution in [3.8, 4) is 0 Å². The molecule has 6 atom stereocenters. The van der Waals surface area contributed by atoms with Crippen LogP contribution in [0.3, 0.4) is 0 Å². The molecule has 0 bridgehead atoms. The summed E-state index contributed by atoms with van der Waals surface area (Å²) in [6.45, 7) is 13.1. The van der Waals surface area contributed by atoms with Gasteiger partial charge < -0.3 is 42.1 Å². The molecule has 2 unspecified atom stereocenters. The molecule has 1 fully saturated rings. The summed E-state index contributed by atoms with van der Waals surface area (Å²) in [7, 11) is 2.98. The van der Waals surface area contributed by atoms with Gasteiger partial charge in [0.05, 0.1) is 22.9 Å². The molecule has 0 spiro atoms. The van der Waals surface area contributed by atoms with Gasteiger partial charge in [-0.15, -0.1) is 11.8 Å². The molecule has 17 nitrogen and oxygen atoms in total. The van der Waals surface area contributed by atoms with Crippen LogP contribution < -0.4 is 27.0 Å². The van der Waals surface area contributed by atoms with Gasteiger partial charge in [0.15, 0.2) is 0 Å². The monoisotopic (exact) mass is 913 g/mol. The van der Waals surface area contributed by atoms with Crippen LogP contribution in [0, 0.1) is 11.3 Å². The summed E-state index contributed by atoms with van der Waals surface area (Å²) < 4.78 is 40.7. The number of alkyl halides is 3. The highest BCUT2D eigenvalue weighted by atomic mass is 32.2. The van der Waals surface area contributed by atoms with Crippen molar-refractivity contribution in [1.29, 1.82) is 0 Å².